The van der Waals surface area contributed by atoms with Gasteiger partial charge in [0.25, 0.3) is 5.91 Å². The normalized spacial score (nSPS) is 31.3. The summed E-state index contributed by atoms with van der Waals surface area (Å²) >= 11 is 0. The highest BCUT2D eigenvalue weighted by molar-refractivity contribution is 6.03. The number of aliphatic hydroxyl groups is 2. The quantitative estimate of drug-likeness (QED) is 0.319. The fourth-order valence-corrected chi connectivity index (χ4v) is 6.60. The lowest BCUT2D eigenvalue weighted by Gasteiger charge is -2.59. The second-order valence-corrected chi connectivity index (χ2v) is 10.9. The van der Waals surface area contributed by atoms with Crippen LogP contribution in [-0.4, -0.2) is 61.9 Å². The van der Waals surface area contributed by atoms with Gasteiger partial charge in [0.15, 0.2) is 17.6 Å². The number of aromatic amines is 1. The van der Waals surface area contributed by atoms with E-state index in [-0.39, 0.29) is 34.4 Å². The monoisotopic (exact) mass is 493 g/mol. The molecule has 0 unspecified atom stereocenters. The summed E-state index contributed by atoms with van der Waals surface area (Å²) in [7, 11) is 0. The first-order valence-corrected chi connectivity index (χ1v) is 12.5. The molecule has 2 aromatic rings. The summed E-state index contributed by atoms with van der Waals surface area (Å²) in [5.41, 5.74) is -0.460. The van der Waals surface area contributed by atoms with E-state index >= 15 is 0 Å². The van der Waals surface area contributed by atoms with E-state index in [1.54, 1.807) is 13.0 Å². The first-order valence-electron chi connectivity index (χ1n) is 12.5. The fraction of sp³-hybridized carbons (Fsp3) is 0.481. The lowest BCUT2D eigenvalue weighted by molar-refractivity contribution is -0.153. The molecule has 9 heteroatoms. The number of piperidine rings is 1. The first-order chi connectivity index (χ1) is 17.1. The topological polar surface area (TPSA) is 135 Å². The Hall–Kier alpha value is -3.30. The second-order valence-electron chi connectivity index (χ2n) is 10.9. The van der Waals surface area contributed by atoms with Gasteiger partial charge in [0, 0.05) is 30.4 Å². The SMILES string of the molecule is C/C(C(=O)Nc1ccc(=O)[nH]c1)=C(/O)[C@@H]1Oc2c(O)ccc3c2[C@@]12CCN(CC1CC1)[C@H](C3)[C@@]2(C)O. The van der Waals surface area contributed by atoms with Gasteiger partial charge in [-0.25, -0.2) is 0 Å². The first kappa shape index (κ1) is 23.1. The van der Waals surface area contributed by atoms with E-state index in [0.29, 0.717) is 24.4 Å². The number of hydrogen-bond donors (Lipinski definition) is 5. The van der Waals surface area contributed by atoms with E-state index in [0.717, 1.165) is 24.2 Å². The maximum atomic E-state index is 13.0. The molecule has 2 bridgehead atoms. The van der Waals surface area contributed by atoms with Crippen molar-refractivity contribution in [3.05, 3.63) is 63.3 Å². The van der Waals surface area contributed by atoms with Crippen LogP contribution in [0.5, 0.6) is 11.5 Å². The molecule has 6 rings (SSSR count). The zero-order chi connectivity index (χ0) is 25.4. The van der Waals surface area contributed by atoms with E-state index < -0.39 is 23.0 Å². The number of nitrogens with one attached hydrogen (secondary N) is 2. The predicted molar refractivity (Wildman–Crippen MR) is 132 cm³/mol. The van der Waals surface area contributed by atoms with Crippen LogP contribution in [0.4, 0.5) is 5.69 Å². The van der Waals surface area contributed by atoms with Gasteiger partial charge in [-0.05, 0) is 69.7 Å². The molecular formula is C27H31N3O6. The number of phenols is 1. The standard InChI is InChI=1S/C27H31N3O6/c1-14(25(34)29-17-6-8-20(32)28-12-17)22(33)24-27-9-10-30(13-15-3-4-15)19(26(27,2)35)11-16-5-7-18(31)23(36-24)21(16)27/h5-8,12,15,19,24,31,33,35H,3-4,9-11,13H2,1-2H3,(H,28,32)(H,29,34)/b22-14-/t19-,24+,26-,27+/m1/s1. The zero-order valence-corrected chi connectivity index (χ0v) is 20.4. The van der Waals surface area contributed by atoms with Crippen molar-refractivity contribution in [2.75, 3.05) is 18.4 Å². The van der Waals surface area contributed by atoms with Crippen LogP contribution in [0, 0.1) is 5.92 Å². The maximum Gasteiger partial charge on any atom is 0.254 e. The van der Waals surface area contributed by atoms with Crippen LogP contribution >= 0.6 is 0 Å². The van der Waals surface area contributed by atoms with E-state index in [1.807, 2.05) is 6.07 Å². The van der Waals surface area contributed by atoms with E-state index in [2.05, 4.69) is 15.2 Å². The van der Waals surface area contributed by atoms with Crippen molar-refractivity contribution >= 4 is 11.6 Å². The predicted octanol–water partition coefficient (Wildman–Crippen LogP) is 2.34. The number of benzene rings is 1. The van der Waals surface area contributed by atoms with Gasteiger partial charge in [-0.15, -0.1) is 0 Å². The Morgan fingerprint density at radius 1 is 1.28 bits per heavy atom. The van der Waals surface area contributed by atoms with Crippen molar-refractivity contribution in [2.45, 2.75) is 62.7 Å². The van der Waals surface area contributed by atoms with Crippen molar-refractivity contribution in [3.8, 4) is 11.5 Å². The van der Waals surface area contributed by atoms with Crippen LogP contribution in [0.15, 0.2) is 46.6 Å². The number of aromatic hydroxyl groups is 1. The van der Waals surface area contributed by atoms with Crippen LogP contribution < -0.4 is 15.6 Å². The Morgan fingerprint density at radius 3 is 2.75 bits per heavy atom. The lowest BCUT2D eigenvalue weighted by Crippen LogP contribution is -2.73. The number of anilines is 1. The summed E-state index contributed by atoms with van der Waals surface area (Å²) in [5.74, 6) is 0.0447. The number of pyridine rings is 1. The number of aliphatic hydroxyl groups excluding tert-OH is 1. The van der Waals surface area contributed by atoms with Gasteiger partial charge in [-0.1, -0.05) is 6.07 Å². The molecule has 190 valence electrons. The summed E-state index contributed by atoms with van der Waals surface area (Å²) in [4.78, 5) is 29.2. The number of fused-ring (bicyclic) bond motifs is 1. The Morgan fingerprint density at radius 2 is 2.06 bits per heavy atom. The largest absolute Gasteiger partial charge is 0.508 e. The molecule has 2 aliphatic carbocycles. The van der Waals surface area contributed by atoms with Gasteiger partial charge in [-0.3, -0.25) is 14.5 Å². The molecule has 1 amide bonds. The van der Waals surface area contributed by atoms with Crippen LogP contribution in [0.3, 0.4) is 0 Å². The molecular weight excluding hydrogens is 462 g/mol. The Bertz CT molecular complexity index is 1320. The molecule has 1 saturated carbocycles. The summed E-state index contributed by atoms with van der Waals surface area (Å²) in [6, 6.07) is 6.07. The Balaban J connectivity index is 1.42. The summed E-state index contributed by atoms with van der Waals surface area (Å²) in [6.45, 7) is 4.96. The van der Waals surface area contributed by atoms with Gasteiger partial charge in [-0.2, -0.15) is 0 Å². The molecule has 3 heterocycles. The van der Waals surface area contributed by atoms with E-state index in [4.69, 9.17) is 4.74 Å². The van der Waals surface area contributed by atoms with Crippen LogP contribution in [0.25, 0.3) is 0 Å². The molecule has 1 aromatic heterocycles. The number of amides is 1. The van der Waals surface area contributed by atoms with Gasteiger partial charge in [0.05, 0.1) is 22.3 Å². The van der Waals surface area contributed by atoms with Gasteiger partial charge in [0.1, 0.15) is 5.76 Å². The van der Waals surface area contributed by atoms with Crippen molar-refractivity contribution in [3.63, 3.8) is 0 Å². The lowest BCUT2D eigenvalue weighted by atomic mass is 9.53. The highest BCUT2D eigenvalue weighted by Crippen LogP contribution is 2.63. The van der Waals surface area contributed by atoms with E-state index in [9.17, 15) is 24.9 Å². The van der Waals surface area contributed by atoms with Crippen molar-refractivity contribution < 1.29 is 24.9 Å². The summed E-state index contributed by atoms with van der Waals surface area (Å²) in [5, 5.41) is 37.0. The molecule has 5 N–H and O–H groups in total. The molecule has 9 nitrogen and oxygen atoms in total. The second kappa shape index (κ2) is 7.85. The number of aromatic nitrogens is 1. The zero-order valence-electron chi connectivity index (χ0n) is 20.4. The number of phenolic OH excluding ortho intramolecular Hbond substituents is 1. The Kier molecular flexibility index (Phi) is 5.04. The number of ether oxygens (including phenoxy) is 1. The Labute approximate surface area is 208 Å². The minimum Gasteiger partial charge on any atom is -0.508 e. The number of hydrogen-bond acceptors (Lipinski definition) is 7. The average molecular weight is 494 g/mol. The number of nitrogens with zero attached hydrogens (tertiary/aromatic N) is 1. The molecule has 1 saturated heterocycles. The molecule has 0 radical (unpaired) electrons. The van der Waals surface area contributed by atoms with Crippen molar-refractivity contribution in [2.24, 2.45) is 5.92 Å². The van der Waals surface area contributed by atoms with Crippen molar-refractivity contribution in [1.82, 2.24) is 9.88 Å². The fourth-order valence-electron chi connectivity index (χ4n) is 6.60. The third-order valence-electron chi connectivity index (χ3n) is 8.76. The highest BCUT2D eigenvalue weighted by Gasteiger charge is 2.69. The summed E-state index contributed by atoms with van der Waals surface area (Å²) < 4.78 is 6.24. The van der Waals surface area contributed by atoms with E-state index in [1.165, 1.54) is 38.1 Å². The van der Waals surface area contributed by atoms with Crippen LogP contribution in [0.2, 0.25) is 0 Å². The van der Waals surface area contributed by atoms with Crippen LogP contribution in [-0.2, 0) is 16.6 Å². The molecule has 1 spiro atoms. The molecule has 2 fully saturated rings. The van der Waals surface area contributed by atoms with Crippen molar-refractivity contribution in [1.29, 1.82) is 0 Å². The third kappa shape index (κ3) is 3.22. The summed E-state index contributed by atoms with van der Waals surface area (Å²) in [6.07, 6.45) is 3.89. The molecule has 36 heavy (non-hydrogen) atoms. The van der Waals surface area contributed by atoms with Gasteiger partial charge < -0.3 is 30.4 Å². The van der Waals surface area contributed by atoms with Crippen LogP contribution in [0.1, 0.15) is 44.2 Å². The molecule has 4 atom stereocenters. The maximum absolute atomic E-state index is 13.0. The third-order valence-corrected chi connectivity index (χ3v) is 8.76. The minimum atomic E-state index is -1.28. The number of likely N-dealkylation sites (tertiary alicyclic amines) is 1. The number of carbonyl (C=O) groups is 1. The minimum absolute atomic E-state index is 0.0350. The van der Waals surface area contributed by atoms with Gasteiger partial charge >= 0.3 is 0 Å². The van der Waals surface area contributed by atoms with Gasteiger partial charge in [0.2, 0.25) is 5.56 Å². The molecule has 2 aliphatic heterocycles. The average Bonchev–Trinajstić information content (AvgIpc) is 3.58. The smallest absolute Gasteiger partial charge is 0.254 e. The highest BCUT2D eigenvalue weighted by atomic mass is 16.5. The number of rotatable bonds is 5. The number of H-pyrrole nitrogens is 1. The number of carbonyl (C=O) groups excluding carboxylic acids is 1. The molecule has 1 aromatic carbocycles. The molecule has 4 aliphatic rings.